The van der Waals surface area contributed by atoms with Crippen molar-refractivity contribution in [3.63, 3.8) is 0 Å². The van der Waals surface area contributed by atoms with Gasteiger partial charge in [-0.1, -0.05) is 42.1 Å². The lowest BCUT2D eigenvalue weighted by atomic mass is 10.2. The number of anilines is 1. The Bertz CT molecular complexity index is 941. The number of carbonyl (C=O) groups is 1. The van der Waals surface area contributed by atoms with E-state index in [0.29, 0.717) is 17.5 Å². The number of ether oxygens (including phenoxy) is 1. The van der Waals surface area contributed by atoms with Crippen molar-refractivity contribution in [1.82, 2.24) is 20.2 Å². The van der Waals surface area contributed by atoms with Crippen molar-refractivity contribution < 1.29 is 9.53 Å². The standard InChI is InChI=1S/C19H19N5O2S/c1-26-16-8-6-14(7-9-16)12-24-19(20-21-22-24)27-13-18(25)23-11-10-15-4-2-3-5-17(15)23/h2-9H,10-13H2,1H3. The van der Waals surface area contributed by atoms with Crippen LogP contribution < -0.4 is 9.64 Å². The van der Waals surface area contributed by atoms with Crippen LogP contribution in [0.15, 0.2) is 53.7 Å². The maximum atomic E-state index is 12.7. The van der Waals surface area contributed by atoms with Crippen LogP contribution in [-0.2, 0) is 17.8 Å². The molecule has 0 unspecified atom stereocenters. The Morgan fingerprint density at radius 2 is 2.00 bits per heavy atom. The monoisotopic (exact) mass is 381 g/mol. The first-order valence-electron chi connectivity index (χ1n) is 8.65. The Labute approximate surface area is 161 Å². The van der Waals surface area contributed by atoms with Crippen molar-refractivity contribution in [2.24, 2.45) is 0 Å². The molecule has 2 aromatic carbocycles. The zero-order chi connectivity index (χ0) is 18.6. The summed E-state index contributed by atoms with van der Waals surface area (Å²) in [5, 5.41) is 12.5. The molecule has 0 radical (unpaired) electrons. The molecule has 2 heterocycles. The van der Waals surface area contributed by atoms with Gasteiger partial charge in [0.15, 0.2) is 0 Å². The second kappa shape index (κ2) is 7.79. The van der Waals surface area contributed by atoms with Crippen LogP contribution in [0.2, 0.25) is 0 Å². The summed E-state index contributed by atoms with van der Waals surface area (Å²) in [7, 11) is 1.64. The van der Waals surface area contributed by atoms with E-state index < -0.39 is 0 Å². The van der Waals surface area contributed by atoms with Gasteiger partial charge in [0.1, 0.15) is 5.75 Å². The molecule has 1 aliphatic heterocycles. The number of methoxy groups -OCH3 is 1. The fraction of sp³-hybridized carbons (Fsp3) is 0.263. The van der Waals surface area contributed by atoms with Gasteiger partial charge >= 0.3 is 0 Å². The van der Waals surface area contributed by atoms with E-state index in [1.54, 1.807) is 11.8 Å². The van der Waals surface area contributed by atoms with Crippen molar-refractivity contribution in [2.75, 3.05) is 24.3 Å². The van der Waals surface area contributed by atoms with E-state index in [0.717, 1.165) is 30.0 Å². The maximum absolute atomic E-state index is 12.7. The second-order valence-corrected chi connectivity index (χ2v) is 7.12. The molecular formula is C19H19N5O2S. The predicted octanol–water partition coefficient (Wildman–Crippen LogP) is 2.41. The van der Waals surface area contributed by atoms with Crippen molar-refractivity contribution in [1.29, 1.82) is 0 Å². The number of hydrogen-bond acceptors (Lipinski definition) is 6. The van der Waals surface area contributed by atoms with Gasteiger partial charge in [-0.25, -0.2) is 4.68 Å². The van der Waals surface area contributed by atoms with Gasteiger partial charge in [-0.05, 0) is 46.2 Å². The molecule has 0 bridgehead atoms. The molecular weight excluding hydrogens is 362 g/mol. The minimum absolute atomic E-state index is 0.0731. The number of benzene rings is 2. The summed E-state index contributed by atoms with van der Waals surface area (Å²) < 4.78 is 6.88. The molecule has 4 rings (SSSR count). The first-order chi connectivity index (χ1) is 13.2. The lowest BCUT2D eigenvalue weighted by molar-refractivity contribution is -0.116. The maximum Gasteiger partial charge on any atom is 0.237 e. The van der Waals surface area contributed by atoms with Crippen LogP contribution in [0.5, 0.6) is 5.75 Å². The minimum atomic E-state index is 0.0731. The quantitative estimate of drug-likeness (QED) is 0.611. The van der Waals surface area contributed by atoms with Gasteiger partial charge < -0.3 is 9.64 Å². The summed E-state index contributed by atoms with van der Waals surface area (Å²) in [5.41, 5.74) is 3.30. The molecule has 1 aromatic heterocycles. The van der Waals surface area contributed by atoms with E-state index in [9.17, 15) is 4.79 Å². The molecule has 7 nitrogen and oxygen atoms in total. The molecule has 0 N–H and O–H groups in total. The summed E-state index contributed by atoms with van der Waals surface area (Å²) in [6.45, 7) is 1.27. The third-order valence-corrected chi connectivity index (χ3v) is 5.45. The number of carbonyl (C=O) groups excluding carboxylic acids is 1. The fourth-order valence-corrected chi connectivity index (χ4v) is 3.86. The van der Waals surface area contributed by atoms with Crippen molar-refractivity contribution in [3.05, 3.63) is 59.7 Å². The van der Waals surface area contributed by atoms with Gasteiger partial charge in [0.05, 0.1) is 19.4 Å². The van der Waals surface area contributed by atoms with E-state index >= 15 is 0 Å². The summed E-state index contributed by atoms with van der Waals surface area (Å²) >= 11 is 1.36. The number of fused-ring (bicyclic) bond motifs is 1. The van der Waals surface area contributed by atoms with Crippen LogP contribution >= 0.6 is 11.8 Å². The lowest BCUT2D eigenvalue weighted by Crippen LogP contribution is -2.30. The lowest BCUT2D eigenvalue weighted by Gasteiger charge is -2.16. The Hall–Kier alpha value is -2.87. The zero-order valence-electron chi connectivity index (χ0n) is 14.9. The number of aromatic nitrogens is 4. The molecule has 1 aliphatic rings. The van der Waals surface area contributed by atoms with Gasteiger partial charge in [0.2, 0.25) is 11.1 Å². The van der Waals surface area contributed by atoms with Crippen LogP contribution in [0.1, 0.15) is 11.1 Å². The van der Waals surface area contributed by atoms with Crippen LogP contribution in [0.25, 0.3) is 0 Å². The molecule has 0 spiro atoms. The third kappa shape index (κ3) is 3.80. The molecule has 0 saturated heterocycles. The molecule has 0 saturated carbocycles. The van der Waals surface area contributed by atoms with E-state index in [1.165, 1.54) is 17.3 Å². The molecule has 3 aromatic rings. The molecule has 1 amide bonds. The largest absolute Gasteiger partial charge is 0.497 e. The first-order valence-corrected chi connectivity index (χ1v) is 9.63. The van der Waals surface area contributed by atoms with Gasteiger partial charge in [-0.3, -0.25) is 4.79 Å². The van der Waals surface area contributed by atoms with Gasteiger partial charge in [0.25, 0.3) is 0 Å². The molecule has 0 aliphatic carbocycles. The molecule has 27 heavy (non-hydrogen) atoms. The van der Waals surface area contributed by atoms with Crippen molar-refractivity contribution in [2.45, 2.75) is 18.1 Å². The number of rotatable bonds is 6. The van der Waals surface area contributed by atoms with Crippen LogP contribution in [0, 0.1) is 0 Å². The highest BCUT2D eigenvalue weighted by molar-refractivity contribution is 7.99. The van der Waals surface area contributed by atoms with Crippen molar-refractivity contribution >= 4 is 23.4 Å². The predicted molar refractivity (Wildman–Crippen MR) is 103 cm³/mol. The SMILES string of the molecule is COc1ccc(Cn2nnnc2SCC(=O)N2CCc3ccccc32)cc1. The average molecular weight is 381 g/mol. The van der Waals surface area contributed by atoms with E-state index in [4.69, 9.17) is 4.74 Å². The van der Waals surface area contributed by atoms with Gasteiger partial charge in [0, 0.05) is 12.2 Å². The van der Waals surface area contributed by atoms with E-state index in [-0.39, 0.29) is 5.91 Å². The number of thioether (sulfide) groups is 1. The van der Waals surface area contributed by atoms with E-state index in [1.807, 2.05) is 47.4 Å². The molecule has 0 atom stereocenters. The minimum Gasteiger partial charge on any atom is -0.497 e. The van der Waals surface area contributed by atoms with Gasteiger partial charge in [-0.15, -0.1) is 5.10 Å². The highest BCUT2D eigenvalue weighted by Crippen LogP contribution is 2.28. The van der Waals surface area contributed by atoms with Crippen LogP contribution in [-0.4, -0.2) is 45.5 Å². The number of hydrogen-bond donors (Lipinski definition) is 0. The third-order valence-electron chi connectivity index (χ3n) is 4.50. The van der Waals surface area contributed by atoms with Crippen molar-refractivity contribution in [3.8, 4) is 5.75 Å². The summed E-state index contributed by atoms with van der Waals surface area (Å²) in [6.07, 6.45) is 0.905. The Morgan fingerprint density at radius 3 is 2.81 bits per heavy atom. The second-order valence-electron chi connectivity index (χ2n) is 6.18. The number of amides is 1. The Balaban J connectivity index is 1.39. The summed E-state index contributed by atoms with van der Waals surface area (Å²) in [4.78, 5) is 14.5. The van der Waals surface area contributed by atoms with E-state index in [2.05, 4.69) is 21.6 Å². The number of tetrazole rings is 1. The number of nitrogens with zero attached hydrogens (tertiary/aromatic N) is 5. The molecule has 0 fully saturated rings. The van der Waals surface area contributed by atoms with Gasteiger partial charge in [-0.2, -0.15) is 0 Å². The normalized spacial score (nSPS) is 12.9. The highest BCUT2D eigenvalue weighted by Gasteiger charge is 2.24. The molecule has 8 heteroatoms. The number of para-hydroxylation sites is 1. The Morgan fingerprint density at radius 1 is 1.19 bits per heavy atom. The smallest absolute Gasteiger partial charge is 0.237 e. The zero-order valence-corrected chi connectivity index (χ0v) is 15.7. The fourth-order valence-electron chi connectivity index (χ4n) is 3.10. The average Bonchev–Trinajstić information content (AvgIpc) is 3.33. The van der Waals surface area contributed by atoms with Crippen LogP contribution in [0.3, 0.4) is 0 Å². The summed E-state index contributed by atoms with van der Waals surface area (Å²) in [6, 6.07) is 15.8. The first kappa shape index (κ1) is 17.5. The highest BCUT2D eigenvalue weighted by atomic mass is 32.2. The topological polar surface area (TPSA) is 73.1 Å². The Kier molecular flexibility index (Phi) is 5.06. The van der Waals surface area contributed by atoms with Crippen LogP contribution in [0.4, 0.5) is 5.69 Å². The molecule has 138 valence electrons. The summed E-state index contributed by atoms with van der Waals surface area (Å²) in [5.74, 6) is 1.18.